The van der Waals surface area contributed by atoms with Crippen LogP contribution in [0.1, 0.15) is 45.4 Å². The molecule has 1 spiro atoms. The zero-order chi connectivity index (χ0) is 14.9. The average molecular weight is 372 g/mol. The number of nitrogens with zero attached hydrogens (tertiary/aromatic N) is 1. The minimum atomic E-state index is 0.323. The molecule has 2 aliphatic rings. The van der Waals surface area contributed by atoms with E-state index >= 15 is 0 Å². The van der Waals surface area contributed by atoms with Crippen LogP contribution in [0, 0.1) is 0 Å². The van der Waals surface area contributed by atoms with Crippen LogP contribution in [0.2, 0.25) is 5.02 Å². The molecule has 0 radical (unpaired) electrons. The van der Waals surface area contributed by atoms with Crippen LogP contribution < -0.4 is 10.2 Å². The van der Waals surface area contributed by atoms with E-state index in [9.17, 15) is 0 Å². The van der Waals surface area contributed by atoms with Crippen LogP contribution >= 0.6 is 27.5 Å². The van der Waals surface area contributed by atoms with Crippen LogP contribution in [0.5, 0.6) is 0 Å². The molecule has 0 aromatic heterocycles. The SMILES string of the molecule is CCC1CNC2(CCCCC2)CN1c1ccc(Br)c(Cl)c1. The number of benzene rings is 1. The van der Waals surface area contributed by atoms with Crippen molar-refractivity contribution >= 4 is 33.2 Å². The quantitative estimate of drug-likeness (QED) is 0.787. The highest BCUT2D eigenvalue weighted by atomic mass is 79.9. The summed E-state index contributed by atoms with van der Waals surface area (Å²) < 4.78 is 0.975. The van der Waals surface area contributed by atoms with Gasteiger partial charge >= 0.3 is 0 Å². The van der Waals surface area contributed by atoms with E-state index in [4.69, 9.17) is 11.6 Å². The Labute approximate surface area is 141 Å². The summed E-state index contributed by atoms with van der Waals surface area (Å²) in [7, 11) is 0. The van der Waals surface area contributed by atoms with Crippen LogP contribution in [-0.4, -0.2) is 24.7 Å². The van der Waals surface area contributed by atoms with E-state index < -0.39 is 0 Å². The number of nitrogens with one attached hydrogen (secondary N) is 1. The van der Waals surface area contributed by atoms with E-state index in [0.29, 0.717) is 11.6 Å². The lowest BCUT2D eigenvalue weighted by Crippen LogP contribution is -2.65. The maximum Gasteiger partial charge on any atom is 0.0568 e. The second kappa shape index (κ2) is 6.47. The van der Waals surface area contributed by atoms with Crippen molar-refractivity contribution in [1.82, 2.24) is 5.32 Å². The zero-order valence-electron chi connectivity index (χ0n) is 12.7. The van der Waals surface area contributed by atoms with Gasteiger partial charge in [0.1, 0.15) is 0 Å². The van der Waals surface area contributed by atoms with Gasteiger partial charge in [0.2, 0.25) is 0 Å². The van der Waals surface area contributed by atoms with E-state index in [-0.39, 0.29) is 0 Å². The molecule has 2 nitrogen and oxygen atoms in total. The molecule has 1 aromatic rings. The maximum absolute atomic E-state index is 6.31. The predicted octanol–water partition coefficient (Wildman–Crippen LogP) is 4.99. The average Bonchev–Trinajstić information content (AvgIpc) is 2.51. The van der Waals surface area contributed by atoms with Crippen LogP contribution in [-0.2, 0) is 0 Å². The van der Waals surface area contributed by atoms with Gasteiger partial charge < -0.3 is 10.2 Å². The Bertz CT molecular complexity index is 500. The Morgan fingerprint density at radius 1 is 1.33 bits per heavy atom. The first-order chi connectivity index (χ1) is 10.1. The lowest BCUT2D eigenvalue weighted by molar-refractivity contribution is 0.196. The normalized spacial score (nSPS) is 25.3. The van der Waals surface area contributed by atoms with E-state index in [1.807, 2.05) is 0 Å². The van der Waals surface area contributed by atoms with Crippen molar-refractivity contribution in [3.8, 4) is 0 Å². The third-order valence-corrected chi connectivity index (χ3v) is 6.38. The molecule has 1 N–H and O–H groups in total. The first kappa shape index (κ1) is 15.6. The second-order valence-corrected chi connectivity index (χ2v) is 7.77. The first-order valence-corrected chi connectivity index (χ1v) is 9.27. The molecule has 0 amide bonds. The van der Waals surface area contributed by atoms with Gasteiger partial charge in [-0.05, 0) is 53.4 Å². The van der Waals surface area contributed by atoms with Gasteiger partial charge in [0.25, 0.3) is 0 Å². The Balaban J connectivity index is 1.86. The summed E-state index contributed by atoms with van der Waals surface area (Å²) in [5, 5.41) is 4.68. The fraction of sp³-hybridized carbons (Fsp3) is 0.647. The highest BCUT2D eigenvalue weighted by Gasteiger charge is 2.39. The third-order valence-electron chi connectivity index (χ3n) is 5.14. The molecule has 1 aliphatic heterocycles. The molecule has 21 heavy (non-hydrogen) atoms. The van der Waals surface area contributed by atoms with E-state index in [2.05, 4.69) is 51.3 Å². The van der Waals surface area contributed by atoms with Crippen molar-refractivity contribution in [2.24, 2.45) is 0 Å². The van der Waals surface area contributed by atoms with Crippen molar-refractivity contribution in [2.45, 2.75) is 57.0 Å². The summed E-state index contributed by atoms with van der Waals surface area (Å²) in [6.07, 6.45) is 7.90. The third kappa shape index (κ3) is 3.25. The molecule has 0 bridgehead atoms. The van der Waals surface area contributed by atoms with Gasteiger partial charge in [0.15, 0.2) is 0 Å². The van der Waals surface area contributed by atoms with Crippen LogP contribution in [0.25, 0.3) is 0 Å². The molecular formula is C17H24BrClN2. The fourth-order valence-corrected chi connectivity index (χ4v) is 4.27. The monoisotopic (exact) mass is 370 g/mol. The van der Waals surface area contributed by atoms with Gasteiger partial charge in [-0.3, -0.25) is 0 Å². The second-order valence-electron chi connectivity index (χ2n) is 6.51. The van der Waals surface area contributed by atoms with Crippen molar-refractivity contribution < 1.29 is 0 Å². The van der Waals surface area contributed by atoms with Gasteiger partial charge in [0.05, 0.1) is 5.02 Å². The molecule has 4 heteroatoms. The molecule has 116 valence electrons. The standard InChI is InChI=1S/C17H24BrClN2/c1-2-13-11-20-17(8-4-3-5-9-17)12-21(13)14-6-7-15(18)16(19)10-14/h6-7,10,13,20H,2-5,8-9,11-12H2,1H3. The number of halogens is 2. The zero-order valence-corrected chi connectivity index (χ0v) is 15.0. The molecule has 1 unspecified atom stereocenters. The van der Waals surface area contributed by atoms with Crippen LogP contribution in [0.3, 0.4) is 0 Å². The number of hydrogen-bond donors (Lipinski definition) is 1. The lowest BCUT2D eigenvalue weighted by Gasteiger charge is -2.50. The maximum atomic E-state index is 6.31. The summed E-state index contributed by atoms with van der Waals surface area (Å²) in [6.45, 7) is 4.48. The molecule has 1 aromatic carbocycles. The molecule has 3 rings (SSSR count). The Hall–Kier alpha value is -0.250. The summed E-state index contributed by atoms with van der Waals surface area (Å²) in [5.41, 5.74) is 1.59. The van der Waals surface area contributed by atoms with E-state index in [1.54, 1.807) is 0 Å². The molecule has 1 aliphatic carbocycles. The van der Waals surface area contributed by atoms with Gasteiger partial charge in [-0.1, -0.05) is 37.8 Å². The number of piperazine rings is 1. The van der Waals surface area contributed by atoms with Gasteiger partial charge in [0, 0.05) is 34.8 Å². The summed E-state index contributed by atoms with van der Waals surface area (Å²) in [5.74, 6) is 0. The molecule has 1 heterocycles. The van der Waals surface area contributed by atoms with Crippen molar-refractivity contribution in [2.75, 3.05) is 18.0 Å². The van der Waals surface area contributed by atoms with Crippen LogP contribution in [0.4, 0.5) is 5.69 Å². The number of rotatable bonds is 2. The molecule has 1 saturated carbocycles. The smallest absolute Gasteiger partial charge is 0.0568 e. The Morgan fingerprint density at radius 2 is 2.10 bits per heavy atom. The first-order valence-electron chi connectivity index (χ1n) is 8.10. The van der Waals surface area contributed by atoms with E-state index in [0.717, 1.165) is 29.0 Å². The molecule has 1 saturated heterocycles. The van der Waals surface area contributed by atoms with Crippen molar-refractivity contribution in [1.29, 1.82) is 0 Å². The van der Waals surface area contributed by atoms with Gasteiger partial charge in [-0.2, -0.15) is 0 Å². The highest BCUT2D eigenvalue weighted by molar-refractivity contribution is 9.10. The summed E-state index contributed by atoms with van der Waals surface area (Å²) in [6, 6.07) is 6.94. The van der Waals surface area contributed by atoms with Crippen LogP contribution in [0.15, 0.2) is 22.7 Å². The number of hydrogen-bond acceptors (Lipinski definition) is 2. The predicted molar refractivity (Wildman–Crippen MR) is 94.4 cm³/mol. The molecule has 1 atom stereocenters. The van der Waals surface area contributed by atoms with Gasteiger partial charge in [-0.25, -0.2) is 0 Å². The largest absolute Gasteiger partial charge is 0.365 e. The Kier molecular flexibility index (Phi) is 4.82. The minimum Gasteiger partial charge on any atom is -0.365 e. The van der Waals surface area contributed by atoms with Gasteiger partial charge in [-0.15, -0.1) is 0 Å². The van der Waals surface area contributed by atoms with E-state index in [1.165, 1.54) is 37.8 Å². The van der Waals surface area contributed by atoms with Crippen molar-refractivity contribution in [3.63, 3.8) is 0 Å². The highest BCUT2D eigenvalue weighted by Crippen LogP contribution is 2.36. The van der Waals surface area contributed by atoms with Crippen molar-refractivity contribution in [3.05, 3.63) is 27.7 Å². The topological polar surface area (TPSA) is 15.3 Å². The molecular weight excluding hydrogens is 348 g/mol. The summed E-state index contributed by atoms with van der Waals surface area (Å²) in [4.78, 5) is 2.58. The molecule has 2 fully saturated rings. The lowest BCUT2D eigenvalue weighted by atomic mass is 9.79. The summed E-state index contributed by atoms with van der Waals surface area (Å²) >= 11 is 9.80. The minimum absolute atomic E-state index is 0.323. The Morgan fingerprint density at radius 3 is 2.76 bits per heavy atom. The fourth-order valence-electron chi connectivity index (χ4n) is 3.85. The number of anilines is 1.